The summed E-state index contributed by atoms with van der Waals surface area (Å²) in [5.74, 6) is -1.34. The van der Waals surface area contributed by atoms with Crippen molar-refractivity contribution < 1.29 is 18.3 Å². The summed E-state index contributed by atoms with van der Waals surface area (Å²) in [6.07, 6.45) is 1.54. The Kier molecular flexibility index (Phi) is 3.98. The van der Waals surface area contributed by atoms with Crippen LogP contribution in [0.5, 0.6) is 0 Å². The van der Waals surface area contributed by atoms with Crippen molar-refractivity contribution in [2.45, 2.75) is 17.4 Å². The number of hydrogen-bond acceptors (Lipinski definition) is 4. The van der Waals surface area contributed by atoms with Gasteiger partial charge in [0.2, 0.25) is 0 Å². The summed E-state index contributed by atoms with van der Waals surface area (Å²) in [6.45, 7) is 0.352. The standard InChI is InChI=1S/C12H14BrNO4S/c1-19(17,18)10-4-2-3-8(13)11(10)9-5-7(6-14-9)12(15)16/h2-4,7,9,14H,5-6H2,1H3,(H,15,16). The molecule has 5 nitrogen and oxygen atoms in total. The van der Waals surface area contributed by atoms with Crippen molar-refractivity contribution >= 4 is 31.7 Å². The average molecular weight is 348 g/mol. The molecular weight excluding hydrogens is 334 g/mol. The van der Waals surface area contributed by atoms with Gasteiger partial charge in [-0.3, -0.25) is 4.79 Å². The molecule has 19 heavy (non-hydrogen) atoms. The number of carbonyl (C=O) groups is 1. The van der Waals surface area contributed by atoms with Crippen molar-refractivity contribution in [2.24, 2.45) is 5.92 Å². The van der Waals surface area contributed by atoms with Gasteiger partial charge in [0.05, 0.1) is 10.8 Å². The maximum Gasteiger partial charge on any atom is 0.307 e. The molecule has 1 aromatic rings. The van der Waals surface area contributed by atoms with E-state index in [1.165, 1.54) is 0 Å². The minimum atomic E-state index is -3.35. The Morgan fingerprint density at radius 1 is 1.47 bits per heavy atom. The first kappa shape index (κ1) is 14.5. The Hall–Kier alpha value is -0.920. The van der Waals surface area contributed by atoms with Gasteiger partial charge >= 0.3 is 5.97 Å². The molecule has 0 aliphatic carbocycles. The molecule has 0 saturated carbocycles. The normalized spacial score (nSPS) is 23.5. The maximum absolute atomic E-state index is 11.8. The van der Waals surface area contributed by atoms with Gasteiger partial charge in [-0.2, -0.15) is 0 Å². The molecule has 0 bridgehead atoms. The maximum atomic E-state index is 11.8. The van der Waals surface area contributed by atoms with Gasteiger partial charge in [-0.1, -0.05) is 22.0 Å². The highest BCUT2D eigenvalue weighted by atomic mass is 79.9. The summed E-state index contributed by atoms with van der Waals surface area (Å²) in [7, 11) is -3.35. The number of halogens is 1. The summed E-state index contributed by atoms with van der Waals surface area (Å²) in [5, 5.41) is 12.1. The second-order valence-corrected chi connectivity index (χ2v) is 7.49. The minimum absolute atomic E-state index is 0.241. The van der Waals surface area contributed by atoms with Gasteiger partial charge in [0.15, 0.2) is 9.84 Å². The quantitative estimate of drug-likeness (QED) is 0.867. The SMILES string of the molecule is CS(=O)(=O)c1cccc(Br)c1C1CC(C(=O)O)CN1. The van der Waals surface area contributed by atoms with Crippen LogP contribution in [0.3, 0.4) is 0 Å². The predicted octanol–water partition coefficient (Wildman–Crippen LogP) is 1.59. The lowest BCUT2D eigenvalue weighted by Crippen LogP contribution is -2.18. The summed E-state index contributed by atoms with van der Waals surface area (Å²) in [6, 6.07) is 4.71. The molecule has 2 atom stereocenters. The van der Waals surface area contributed by atoms with E-state index in [1.807, 2.05) is 0 Å². The highest BCUT2D eigenvalue weighted by molar-refractivity contribution is 9.10. The largest absolute Gasteiger partial charge is 0.481 e. The van der Waals surface area contributed by atoms with Gasteiger partial charge in [-0.15, -0.1) is 0 Å². The molecule has 1 fully saturated rings. The summed E-state index contributed by atoms with van der Waals surface area (Å²) < 4.78 is 24.3. The molecule has 7 heteroatoms. The molecule has 1 aliphatic heterocycles. The van der Waals surface area contributed by atoms with Crippen molar-refractivity contribution in [3.8, 4) is 0 Å². The Balaban J connectivity index is 2.44. The molecule has 1 saturated heterocycles. The number of hydrogen-bond donors (Lipinski definition) is 2. The van der Waals surface area contributed by atoms with Crippen molar-refractivity contribution in [1.29, 1.82) is 0 Å². The molecule has 0 radical (unpaired) electrons. The molecule has 104 valence electrons. The molecule has 2 N–H and O–H groups in total. The fourth-order valence-electron chi connectivity index (χ4n) is 2.32. The van der Waals surface area contributed by atoms with E-state index in [-0.39, 0.29) is 10.9 Å². The summed E-state index contributed by atoms with van der Waals surface area (Å²) in [4.78, 5) is 11.2. The van der Waals surface area contributed by atoms with Crippen molar-refractivity contribution in [1.82, 2.24) is 5.32 Å². The van der Waals surface area contributed by atoms with Crippen LogP contribution in [-0.2, 0) is 14.6 Å². The average Bonchev–Trinajstić information content (AvgIpc) is 2.76. The number of aliphatic carboxylic acids is 1. The smallest absolute Gasteiger partial charge is 0.307 e. The lowest BCUT2D eigenvalue weighted by molar-refractivity contribution is -0.141. The van der Waals surface area contributed by atoms with Crippen molar-refractivity contribution in [2.75, 3.05) is 12.8 Å². The Morgan fingerprint density at radius 2 is 2.16 bits per heavy atom. The molecule has 1 heterocycles. The first-order chi connectivity index (χ1) is 8.80. The van der Waals surface area contributed by atoms with Gasteiger partial charge < -0.3 is 10.4 Å². The van der Waals surface area contributed by atoms with E-state index in [9.17, 15) is 13.2 Å². The van der Waals surface area contributed by atoms with Gasteiger partial charge in [-0.25, -0.2) is 8.42 Å². The molecule has 2 rings (SSSR count). The molecule has 0 amide bonds. The number of rotatable bonds is 3. The lowest BCUT2D eigenvalue weighted by atomic mass is 10.0. The van der Waals surface area contributed by atoms with Crippen LogP contribution in [0.25, 0.3) is 0 Å². The molecular formula is C12H14BrNO4S. The predicted molar refractivity (Wildman–Crippen MR) is 73.7 cm³/mol. The van der Waals surface area contributed by atoms with Gasteiger partial charge in [0, 0.05) is 28.9 Å². The highest BCUT2D eigenvalue weighted by Crippen LogP contribution is 2.36. The molecule has 2 unspecified atom stereocenters. The number of benzene rings is 1. The van der Waals surface area contributed by atoms with Gasteiger partial charge in [0.1, 0.15) is 0 Å². The third-order valence-electron chi connectivity index (χ3n) is 3.24. The Bertz CT molecular complexity index is 614. The first-order valence-corrected chi connectivity index (χ1v) is 8.44. The lowest BCUT2D eigenvalue weighted by Gasteiger charge is -2.16. The molecule has 1 aliphatic rings. The van der Waals surface area contributed by atoms with E-state index in [0.29, 0.717) is 23.0 Å². The van der Waals surface area contributed by atoms with Crippen LogP contribution in [0.2, 0.25) is 0 Å². The zero-order chi connectivity index (χ0) is 14.2. The third-order valence-corrected chi connectivity index (χ3v) is 5.09. The van der Waals surface area contributed by atoms with E-state index in [4.69, 9.17) is 5.11 Å². The monoisotopic (exact) mass is 347 g/mol. The Morgan fingerprint density at radius 3 is 2.68 bits per heavy atom. The fraction of sp³-hybridized carbons (Fsp3) is 0.417. The van der Waals surface area contributed by atoms with Gasteiger partial charge in [0.25, 0.3) is 0 Å². The summed E-state index contributed by atoms with van der Waals surface area (Å²) >= 11 is 3.35. The van der Waals surface area contributed by atoms with E-state index >= 15 is 0 Å². The van der Waals surface area contributed by atoms with Crippen LogP contribution < -0.4 is 5.32 Å². The van der Waals surface area contributed by atoms with E-state index < -0.39 is 21.7 Å². The highest BCUT2D eigenvalue weighted by Gasteiger charge is 2.33. The second-order valence-electron chi connectivity index (χ2n) is 4.66. The van der Waals surface area contributed by atoms with Crippen LogP contribution >= 0.6 is 15.9 Å². The Labute approximate surface area is 120 Å². The third kappa shape index (κ3) is 2.98. The number of carboxylic acids is 1. The van der Waals surface area contributed by atoms with E-state index in [1.54, 1.807) is 18.2 Å². The van der Waals surface area contributed by atoms with E-state index in [2.05, 4.69) is 21.2 Å². The number of nitrogens with one attached hydrogen (secondary N) is 1. The minimum Gasteiger partial charge on any atom is -0.481 e. The van der Waals surface area contributed by atoms with Crippen LogP contribution in [-0.4, -0.2) is 32.3 Å². The first-order valence-electron chi connectivity index (χ1n) is 5.75. The van der Waals surface area contributed by atoms with Crippen LogP contribution in [0.15, 0.2) is 27.6 Å². The van der Waals surface area contributed by atoms with Gasteiger partial charge in [-0.05, 0) is 18.6 Å². The van der Waals surface area contributed by atoms with Crippen molar-refractivity contribution in [3.05, 3.63) is 28.2 Å². The molecule has 0 spiro atoms. The number of sulfone groups is 1. The van der Waals surface area contributed by atoms with Crippen LogP contribution in [0.1, 0.15) is 18.0 Å². The van der Waals surface area contributed by atoms with Crippen LogP contribution in [0.4, 0.5) is 0 Å². The fourth-order valence-corrected chi connectivity index (χ4v) is 4.07. The molecule has 1 aromatic carbocycles. The van der Waals surface area contributed by atoms with Crippen LogP contribution in [0, 0.1) is 5.92 Å². The zero-order valence-electron chi connectivity index (χ0n) is 10.3. The second kappa shape index (κ2) is 5.22. The topological polar surface area (TPSA) is 83.5 Å². The van der Waals surface area contributed by atoms with Crippen molar-refractivity contribution in [3.63, 3.8) is 0 Å². The summed E-state index contributed by atoms with van der Waals surface area (Å²) in [5.41, 5.74) is 0.619. The number of carboxylic acid groups (broad SMARTS) is 1. The molecule has 0 aromatic heterocycles. The van der Waals surface area contributed by atoms with E-state index in [0.717, 1.165) is 6.26 Å². The zero-order valence-corrected chi connectivity index (χ0v) is 12.7.